The van der Waals surface area contributed by atoms with E-state index in [1.54, 1.807) is 12.7 Å². The summed E-state index contributed by atoms with van der Waals surface area (Å²) < 4.78 is 0. The van der Waals surface area contributed by atoms with Crippen LogP contribution in [0, 0.1) is 0 Å². The molecule has 0 radical (unpaired) electrons. The van der Waals surface area contributed by atoms with Crippen molar-refractivity contribution in [2.45, 2.75) is 52.6 Å². The number of rotatable bonds is 12. The molecule has 0 unspecified atom stereocenters. The number of carbonyl (C=O) groups excluding carboxylic acids is 1. The number of carboxylic acids is 1. The highest BCUT2D eigenvalue weighted by molar-refractivity contribution is 5.86. The summed E-state index contributed by atoms with van der Waals surface area (Å²) in [5.41, 5.74) is 6.80. The van der Waals surface area contributed by atoms with E-state index >= 15 is 0 Å². The number of carbonyl (C=O) groups is 2. The number of amides is 1. The van der Waals surface area contributed by atoms with Gasteiger partial charge in [0.2, 0.25) is 5.91 Å². The third kappa shape index (κ3) is 17.8. The van der Waals surface area contributed by atoms with Gasteiger partial charge in [-0.3, -0.25) is 19.4 Å². The Morgan fingerprint density at radius 1 is 0.532 bits per heavy atom. The number of aromatic amines is 2. The van der Waals surface area contributed by atoms with Gasteiger partial charge in [0.15, 0.2) is 0 Å². The molecule has 14 heteroatoms. The van der Waals surface area contributed by atoms with Gasteiger partial charge in [0.1, 0.15) is 0 Å². The molecule has 2 aliphatic heterocycles. The highest BCUT2D eigenvalue weighted by Gasteiger charge is 2.25. The van der Waals surface area contributed by atoms with Crippen LogP contribution in [-0.2, 0) is 22.7 Å². The van der Waals surface area contributed by atoms with Crippen LogP contribution in [-0.4, -0.2) is 104 Å². The second-order valence-electron chi connectivity index (χ2n) is 14.4. The van der Waals surface area contributed by atoms with Crippen LogP contribution < -0.4 is 5.32 Å². The molecule has 0 spiro atoms. The second kappa shape index (κ2) is 30.1. The number of nitrogens with one attached hydrogen (secondary N) is 3. The largest absolute Gasteiger partial charge is 0.481 e. The van der Waals surface area contributed by atoms with Gasteiger partial charge in [-0.25, -0.2) is 9.97 Å². The van der Waals surface area contributed by atoms with Crippen LogP contribution in [0.1, 0.15) is 73.2 Å². The topological polar surface area (TPSA) is 133 Å². The van der Waals surface area contributed by atoms with E-state index in [9.17, 15) is 9.59 Å². The van der Waals surface area contributed by atoms with Crippen LogP contribution in [0.25, 0.3) is 0 Å². The molecule has 11 nitrogen and oxygen atoms in total. The van der Waals surface area contributed by atoms with Crippen molar-refractivity contribution in [2.24, 2.45) is 0 Å². The molecule has 8 rings (SSSR count). The zero-order valence-corrected chi connectivity index (χ0v) is 36.2. The first-order chi connectivity index (χ1) is 28.0. The molecule has 1 amide bonds. The molecule has 6 aromatic rings. The number of aromatic nitrogens is 4. The average Bonchev–Trinajstić information content (AvgIpc) is 3.99. The highest BCUT2D eigenvalue weighted by atomic mass is 35.5. The molecule has 2 fully saturated rings. The molecule has 4 N–H and O–H groups in total. The Labute approximate surface area is 387 Å². The number of hydrogen-bond acceptors (Lipinski definition) is 7. The SMILES string of the molecule is C.C.Cl.Cl.Cl.O=C(CC(c1ccccc1)c1ccccc1)N1CCN(Cc2cnc[nH]2)CC1.O=C(O)CC(c1ccccc1)c1ccccc1.c1ncc(CN2CCNCC2)[nH]1. The van der Waals surface area contributed by atoms with E-state index in [0.29, 0.717) is 6.42 Å². The predicted octanol–water partition coefficient (Wildman–Crippen LogP) is 8.92. The predicted molar refractivity (Wildman–Crippen MR) is 259 cm³/mol. The number of nitrogens with zero attached hydrogens (tertiary/aromatic N) is 5. The number of carboxylic acid groups (broad SMARTS) is 1. The smallest absolute Gasteiger partial charge is 0.304 e. The van der Waals surface area contributed by atoms with Gasteiger partial charge in [0.05, 0.1) is 19.1 Å². The van der Waals surface area contributed by atoms with Crippen LogP contribution >= 0.6 is 37.2 Å². The van der Waals surface area contributed by atoms with Gasteiger partial charge in [-0.1, -0.05) is 136 Å². The fourth-order valence-electron chi connectivity index (χ4n) is 7.32. The number of hydrogen-bond donors (Lipinski definition) is 4. The Kier molecular flexibility index (Phi) is 26.7. The Bertz CT molecular complexity index is 1920. The van der Waals surface area contributed by atoms with Crippen LogP contribution in [0.15, 0.2) is 146 Å². The Balaban J connectivity index is 0.000000487. The number of piperazine rings is 2. The lowest BCUT2D eigenvalue weighted by atomic mass is 9.88. The zero-order chi connectivity index (χ0) is 39.5. The molecule has 0 aliphatic carbocycles. The number of aliphatic carboxylic acids is 1. The molecule has 4 heterocycles. The fourth-order valence-corrected chi connectivity index (χ4v) is 7.32. The normalized spacial score (nSPS) is 13.5. The summed E-state index contributed by atoms with van der Waals surface area (Å²) in [6.07, 6.45) is 7.83. The third-order valence-electron chi connectivity index (χ3n) is 10.4. The Hall–Kier alpha value is -5.01. The molecule has 336 valence electrons. The lowest BCUT2D eigenvalue weighted by molar-refractivity contribution is -0.137. The minimum absolute atomic E-state index is 0. The van der Waals surface area contributed by atoms with Crippen molar-refractivity contribution < 1.29 is 14.7 Å². The van der Waals surface area contributed by atoms with E-state index in [0.717, 1.165) is 82.3 Å². The van der Waals surface area contributed by atoms with Gasteiger partial charge < -0.3 is 25.3 Å². The van der Waals surface area contributed by atoms with Crippen LogP contribution in [0.2, 0.25) is 0 Å². The molecule has 4 aromatic carbocycles. The van der Waals surface area contributed by atoms with E-state index < -0.39 is 5.97 Å². The number of imidazole rings is 2. The van der Waals surface area contributed by atoms with E-state index in [1.165, 1.54) is 16.8 Å². The summed E-state index contributed by atoms with van der Waals surface area (Å²) in [5, 5.41) is 12.3. The standard InChI is InChI=1S/C23H26N4O.C15H14O2.C8H14N4.2CH4.3ClH/c28-23(27-13-11-26(12-14-27)17-21-16-24-18-25-21)15-22(19-7-3-1-4-8-19)20-9-5-2-6-10-20;16-15(17)11-14(12-7-3-1-4-8-12)13-9-5-2-6-10-13;1-3-12(4-2-9-1)6-8-5-10-7-11-8;;;;;/h1-10,16,18,22H,11-15,17H2,(H,24,25);1-10,14H,11H2,(H,16,17);5,7,9H,1-4,6H2,(H,10,11);2*1H4;3*1H. The van der Waals surface area contributed by atoms with Crippen molar-refractivity contribution in [3.63, 3.8) is 0 Å². The molecule has 0 atom stereocenters. The summed E-state index contributed by atoms with van der Waals surface area (Å²) in [7, 11) is 0. The van der Waals surface area contributed by atoms with Gasteiger partial charge in [0.25, 0.3) is 0 Å². The Morgan fingerprint density at radius 2 is 0.887 bits per heavy atom. The van der Waals surface area contributed by atoms with Gasteiger partial charge in [-0.2, -0.15) is 0 Å². The molecule has 0 saturated carbocycles. The second-order valence-corrected chi connectivity index (χ2v) is 14.4. The third-order valence-corrected chi connectivity index (χ3v) is 10.4. The maximum atomic E-state index is 13.1. The molecule has 0 bridgehead atoms. The summed E-state index contributed by atoms with van der Waals surface area (Å²) in [4.78, 5) is 45.2. The van der Waals surface area contributed by atoms with Crippen molar-refractivity contribution in [3.8, 4) is 0 Å². The molecular weight excluding hydrogens is 843 g/mol. The first kappa shape index (κ1) is 55.0. The Morgan fingerprint density at radius 3 is 1.23 bits per heavy atom. The molecule has 2 aliphatic rings. The minimum Gasteiger partial charge on any atom is -0.481 e. The van der Waals surface area contributed by atoms with Crippen LogP contribution in [0.5, 0.6) is 0 Å². The quantitative estimate of drug-likeness (QED) is 0.0958. The first-order valence-electron chi connectivity index (χ1n) is 19.8. The lowest BCUT2D eigenvalue weighted by Gasteiger charge is -2.35. The van der Waals surface area contributed by atoms with Crippen molar-refractivity contribution >= 4 is 49.1 Å². The number of benzene rings is 4. The summed E-state index contributed by atoms with van der Waals surface area (Å²) in [6, 6.07) is 40.2. The van der Waals surface area contributed by atoms with E-state index in [4.69, 9.17) is 5.11 Å². The monoisotopic (exact) mass is 906 g/mol. The van der Waals surface area contributed by atoms with E-state index in [1.807, 2.05) is 114 Å². The van der Waals surface area contributed by atoms with Gasteiger partial charge in [-0.15, -0.1) is 37.2 Å². The van der Waals surface area contributed by atoms with Gasteiger partial charge >= 0.3 is 5.97 Å². The first-order valence-corrected chi connectivity index (χ1v) is 19.8. The molecular formula is C48H65Cl3N8O3. The van der Waals surface area contributed by atoms with Gasteiger partial charge in [-0.05, 0) is 22.3 Å². The van der Waals surface area contributed by atoms with E-state index in [2.05, 4.69) is 59.3 Å². The van der Waals surface area contributed by atoms with Crippen molar-refractivity contribution in [3.05, 3.63) is 180 Å². The molecule has 62 heavy (non-hydrogen) atoms. The molecule has 2 saturated heterocycles. The maximum absolute atomic E-state index is 13.1. The van der Waals surface area contributed by atoms with Crippen LogP contribution in [0.4, 0.5) is 0 Å². The minimum atomic E-state index is -0.775. The summed E-state index contributed by atoms with van der Waals surface area (Å²) in [6.45, 7) is 9.70. The molecule has 2 aromatic heterocycles. The van der Waals surface area contributed by atoms with Crippen molar-refractivity contribution in [1.82, 2.24) is 40.0 Å². The van der Waals surface area contributed by atoms with E-state index in [-0.39, 0.29) is 76.2 Å². The summed E-state index contributed by atoms with van der Waals surface area (Å²) in [5.74, 6) is -0.519. The zero-order valence-electron chi connectivity index (χ0n) is 33.7. The lowest BCUT2D eigenvalue weighted by Crippen LogP contribution is -2.48. The highest BCUT2D eigenvalue weighted by Crippen LogP contribution is 2.29. The van der Waals surface area contributed by atoms with Crippen molar-refractivity contribution in [2.75, 3.05) is 52.4 Å². The fraction of sp³-hybridized carbons (Fsp3) is 0.333. The summed E-state index contributed by atoms with van der Waals surface area (Å²) >= 11 is 0. The van der Waals surface area contributed by atoms with Gasteiger partial charge in [0, 0.05) is 107 Å². The van der Waals surface area contributed by atoms with Crippen LogP contribution in [0.3, 0.4) is 0 Å². The van der Waals surface area contributed by atoms with Crippen molar-refractivity contribution in [1.29, 1.82) is 0 Å². The average molecular weight is 908 g/mol. The number of H-pyrrole nitrogens is 2. The number of halogens is 3. The maximum Gasteiger partial charge on any atom is 0.304 e.